The van der Waals surface area contributed by atoms with Crippen molar-refractivity contribution in [2.75, 3.05) is 5.32 Å². The third kappa shape index (κ3) is 1.83. The average Bonchev–Trinajstić information content (AvgIpc) is 2.44. The Morgan fingerprint density at radius 3 is 2.93 bits per heavy atom. The van der Waals surface area contributed by atoms with E-state index in [0.29, 0.717) is 17.7 Å². The standard InChI is InChI=1S/C11H11NO3/c1-6-2-7-4-9(13)12-11(7)8(3-6)5-10(14)15/h2-3H,4-5H2,1H3,(H,12,13)(H,14,15). The first-order valence-corrected chi connectivity index (χ1v) is 4.70. The van der Waals surface area contributed by atoms with E-state index >= 15 is 0 Å². The molecule has 0 radical (unpaired) electrons. The van der Waals surface area contributed by atoms with E-state index in [2.05, 4.69) is 5.32 Å². The minimum Gasteiger partial charge on any atom is -0.481 e. The van der Waals surface area contributed by atoms with Crippen LogP contribution in [0.2, 0.25) is 0 Å². The number of carbonyl (C=O) groups excluding carboxylic acids is 1. The Kier molecular flexibility index (Phi) is 2.19. The zero-order valence-corrected chi connectivity index (χ0v) is 8.33. The largest absolute Gasteiger partial charge is 0.481 e. The molecule has 0 aromatic heterocycles. The van der Waals surface area contributed by atoms with Gasteiger partial charge in [-0.2, -0.15) is 0 Å². The SMILES string of the molecule is Cc1cc(CC(=O)O)c2c(c1)CC(=O)N2. The number of benzene rings is 1. The van der Waals surface area contributed by atoms with Crippen molar-refractivity contribution in [1.82, 2.24) is 0 Å². The third-order valence-corrected chi connectivity index (χ3v) is 2.40. The van der Waals surface area contributed by atoms with Crippen molar-refractivity contribution in [2.24, 2.45) is 0 Å². The summed E-state index contributed by atoms with van der Waals surface area (Å²) < 4.78 is 0. The van der Waals surface area contributed by atoms with Crippen LogP contribution < -0.4 is 5.32 Å². The maximum Gasteiger partial charge on any atom is 0.307 e. The summed E-state index contributed by atoms with van der Waals surface area (Å²) in [6, 6.07) is 3.72. The Morgan fingerprint density at radius 2 is 2.27 bits per heavy atom. The van der Waals surface area contributed by atoms with Crippen molar-refractivity contribution in [3.05, 3.63) is 28.8 Å². The Hall–Kier alpha value is -1.84. The van der Waals surface area contributed by atoms with E-state index in [1.165, 1.54) is 0 Å². The second kappa shape index (κ2) is 3.38. The highest BCUT2D eigenvalue weighted by Gasteiger charge is 2.21. The maximum atomic E-state index is 11.2. The minimum atomic E-state index is -0.885. The molecule has 0 atom stereocenters. The van der Waals surface area contributed by atoms with Crippen molar-refractivity contribution in [2.45, 2.75) is 19.8 Å². The van der Waals surface area contributed by atoms with Crippen molar-refractivity contribution in [1.29, 1.82) is 0 Å². The normalized spacial score (nSPS) is 13.5. The number of rotatable bonds is 2. The molecule has 0 saturated carbocycles. The van der Waals surface area contributed by atoms with Gasteiger partial charge in [-0.3, -0.25) is 9.59 Å². The molecule has 1 aromatic carbocycles. The molecule has 0 aliphatic carbocycles. The molecule has 4 heteroatoms. The topological polar surface area (TPSA) is 66.4 Å². The van der Waals surface area contributed by atoms with Crippen LogP contribution in [-0.4, -0.2) is 17.0 Å². The number of carbonyl (C=O) groups is 2. The summed E-state index contributed by atoms with van der Waals surface area (Å²) in [7, 11) is 0. The van der Waals surface area contributed by atoms with Gasteiger partial charge in [0.05, 0.1) is 12.8 Å². The predicted molar refractivity (Wildman–Crippen MR) is 54.9 cm³/mol. The Morgan fingerprint density at radius 1 is 1.53 bits per heavy atom. The highest BCUT2D eigenvalue weighted by atomic mass is 16.4. The van der Waals surface area contributed by atoms with Crippen molar-refractivity contribution in [3.63, 3.8) is 0 Å². The van der Waals surface area contributed by atoms with Crippen molar-refractivity contribution >= 4 is 17.6 Å². The molecule has 15 heavy (non-hydrogen) atoms. The molecule has 2 rings (SSSR count). The van der Waals surface area contributed by atoms with Gasteiger partial charge >= 0.3 is 5.97 Å². The Bertz CT molecular complexity index is 451. The zero-order chi connectivity index (χ0) is 11.0. The molecule has 0 unspecified atom stereocenters. The van der Waals surface area contributed by atoms with Crippen LogP contribution in [0.25, 0.3) is 0 Å². The first-order chi connectivity index (χ1) is 7.06. The quantitative estimate of drug-likeness (QED) is 0.760. The van der Waals surface area contributed by atoms with Gasteiger partial charge in [-0.05, 0) is 18.1 Å². The fourth-order valence-corrected chi connectivity index (χ4v) is 1.90. The van der Waals surface area contributed by atoms with Crippen molar-refractivity contribution < 1.29 is 14.7 Å². The lowest BCUT2D eigenvalue weighted by Crippen LogP contribution is -2.07. The van der Waals surface area contributed by atoms with Gasteiger partial charge in [0.15, 0.2) is 0 Å². The number of hydrogen-bond acceptors (Lipinski definition) is 2. The fraction of sp³-hybridized carbons (Fsp3) is 0.273. The molecular formula is C11H11NO3. The highest BCUT2D eigenvalue weighted by Crippen LogP contribution is 2.29. The summed E-state index contributed by atoms with van der Waals surface area (Å²) in [5, 5.41) is 11.4. The molecule has 0 fully saturated rings. The van der Waals surface area contributed by atoms with E-state index in [0.717, 1.165) is 11.1 Å². The van der Waals surface area contributed by atoms with Crippen LogP contribution in [-0.2, 0) is 22.4 Å². The van der Waals surface area contributed by atoms with E-state index in [1.807, 2.05) is 13.0 Å². The lowest BCUT2D eigenvalue weighted by Gasteiger charge is -2.07. The fourth-order valence-electron chi connectivity index (χ4n) is 1.90. The van der Waals surface area contributed by atoms with E-state index in [9.17, 15) is 9.59 Å². The summed E-state index contributed by atoms with van der Waals surface area (Å²) in [4.78, 5) is 21.8. The number of hydrogen-bond donors (Lipinski definition) is 2. The Labute approximate surface area is 86.9 Å². The number of carboxylic acids is 1. The minimum absolute atomic E-state index is 0.0513. The summed E-state index contributed by atoms with van der Waals surface area (Å²) >= 11 is 0. The molecular weight excluding hydrogens is 194 g/mol. The van der Waals surface area contributed by atoms with Crippen LogP contribution >= 0.6 is 0 Å². The van der Waals surface area contributed by atoms with Gasteiger partial charge in [-0.1, -0.05) is 17.7 Å². The van der Waals surface area contributed by atoms with Crippen LogP contribution in [0.1, 0.15) is 16.7 Å². The predicted octanol–water partition coefficient (Wildman–Crippen LogP) is 1.12. The van der Waals surface area contributed by atoms with Gasteiger partial charge in [0.25, 0.3) is 0 Å². The van der Waals surface area contributed by atoms with Gasteiger partial charge in [-0.25, -0.2) is 0 Å². The van der Waals surface area contributed by atoms with Crippen LogP contribution in [0.4, 0.5) is 5.69 Å². The van der Waals surface area contributed by atoms with E-state index in [-0.39, 0.29) is 12.3 Å². The lowest BCUT2D eigenvalue weighted by molar-refractivity contribution is -0.136. The van der Waals surface area contributed by atoms with Gasteiger partial charge in [0.1, 0.15) is 0 Å². The summed E-state index contributed by atoms with van der Waals surface area (Å²) in [6.45, 7) is 1.90. The highest BCUT2D eigenvalue weighted by molar-refractivity contribution is 6.00. The number of aliphatic carboxylic acids is 1. The number of amides is 1. The summed E-state index contributed by atoms with van der Waals surface area (Å²) in [6.07, 6.45) is 0.300. The number of fused-ring (bicyclic) bond motifs is 1. The van der Waals surface area contributed by atoms with Gasteiger partial charge < -0.3 is 10.4 Å². The third-order valence-electron chi connectivity index (χ3n) is 2.40. The molecule has 0 spiro atoms. The van der Waals surface area contributed by atoms with Crippen LogP contribution in [0.3, 0.4) is 0 Å². The van der Waals surface area contributed by atoms with Gasteiger partial charge in [0, 0.05) is 5.69 Å². The van der Waals surface area contributed by atoms with Crippen molar-refractivity contribution in [3.8, 4) is 0 Å². The van der Waals surface area contributed by atoms with Gasteiger partial charge in [-0.15, -0.1) is 0 Å². The first-order valence-electron chi connectivity index (χ1n) is 4.70. The smallest absolute Gasteiger partial charge is 0.307 e. The molecule has 78 valence electrons. The van der Waals surface area contributed by atoms with Crippen LogP contribution in [0.5, 0.6) is 0 Å². The number of aryl methyl sites for hydroxylation is 1. The number of anilines is 1. The lowest BCUT2D eigenvalue weighted by atomic mass is 10.0. The second-order valence-corrected chi connectivity index (χ2v) is 3.75. The molecule has 4 nitrogen and oxygen atoms in total. The number of nitrogens with one attached hydrogen (secondary N) is 1. The Balaban J connectivity index is 2.46. The average molecular weight is 205 g/mol. The molecule has 1 aliphatic heterocycles. The van der Waals surface area contributed by atoms with E-state index in [1.54, 1.807) is 6.07 Å². The molecule has 1 heterocycles. The molecule has 1 aromatic rings. The molecule has 1 amide bonds. The van der Waals surface area contributed by atoms with Crippen LogP contribution in [0, 0.1) is 6.92 Å². The van der Waals surface area contributed by atoms with E-state index < -0.39 is 5.97 Å². The number of carboxylic acid groups (broad SMARTS) is 1. The second-order valence-electron chi connectivity index (χ2n) is 3.75. The molecule has 0 bridgehead atoms. The monoisotopic (exact) mass is 205 g/mol. The summed E-state index contributed by atoms with van der Waals surface area (Å²) in [5.41, 5.74) is 3.26. The first kappa shape index (κ1) is 9.71. The maximum absolute atomic E-state index is 11.2. The summed E-state index contributed by atoms with van der Waals surface area (Å²) in [5.74, 6) is -0.953. The van der Waals surface area contributed by atoms with Crippen LogP contribution in [0.15, 0.2) is 12.1 Å². The molecule has 1 aliphatic rings. The van der Waals surface area contributed by atoms with E-state index in [4.69, 9.17) is 5.11 Å². The molecule has 2 N–H and O–H groups in total. The molecule has 0 saturated heterocycles. The van der Waals surface area contributed by atoms with Gasteiger partial charge in [0.2, 0.25) is 5.91 Å². The zero-order valence-electron chi connectivity index (χ0n) is 8.33.